The molecule has 1 aliphatic heterocycles. The number of carbonyl (C=O) groups is 2. The van der Waals surface area contributed by atoms with Crippen LogP contribution in [-0.4, -0.2) is 21.8 Å². The second-order valence-electron chi connectivity index (χ2n) is 6.90. The number of ketones is 1. The van der Waals surface area contributed by atoms with Crippen molar-refractivity contribution in [2.45, 2.75) is 13.0 Å². The Morgan fingerprint density at radius 1 is 1.13 bits per heavy atom. The van der Waals surface area contributed by atoms with Crippen molar-refractivity contribution < 1.29 is 14.7 Å². The Kier molecular flexibility index (Phi) is 5.45. The van der Waals surface area contributed by atoms with Crippen LogP contribution < -0.4 is 4.90 Å². The molecule has 1 saturated heterocycles. The molecule has 2 heterocycles. The van der Waals surface area contributed by atoms with Gasteiger partial charge in [0.1, 0.15) is 5.76 Å². The van der Waals surface area contributed by atoms with Crippen LogP contribution >= 0.6 is 27.5 Å². The van der Waals surface area contributed by atoms with Crippen molar-refractivity contribution in [2.24, 2.45) is 0 Å². The molecule has 0 radical (unpaired) electrons. The summed E-state index contributed by atoms with van der Waals surface area (Å²) in [4.78, 5) is 31.6. The first kappa shape index (κ1) is 20.3. The summed E-state index contributed by atoms with van der Waals surface area (Å²) in [6.45, 7) is 1.93. The molecule has 150 valence electrons. The molecule has 30 heavy (non-hydrogen) atoms. The van der Waals surface area contributed by atoms with Gasteiger partial charge < -0.3 is 5.11 Å². The third-order valence-corrected chi connectivity index (χ3v) is 6.10. The maximum atomic E-state index is 13.1. The number of aromatic nitrogens is 1. The molecule has 1 atom stereocenters. The standard InChI is InChI=1S/C23H16BrClN2O3/c1-13-4-9-17(11-18(13)24)27-20(15-3-2-10-26-12-15)19(22(29)23(27)30)21(28)14-5-7-16(25)8-6-14/h2-12,20,28H,1H3/b21-19-. The SMILES string of the molecule is Cc1ccc(N2C(=O)C(=O)/C(=C(\O)c3ccc(Cl)cc3)C2c2cccnc2)cc1Br. The fourth-order valence-corrected chi connectivity index (χ4v) is 3.94. The number of halogens is 2. The number of Topliss-reactive ketones (excluding diaryl/α,β-unsaturated/α-hetero) is 1. The molecule has 2 aromatic carbocycles. The Hall–Kier alpha value is -2.96. The molecular formula is C23H16BrClN2O3. The number of aryl methyl sites for hydroxylation is 1. The van der Waals surface area contributed by atoms with Gasteiger partial charge in [0, 0.05) is 33.1 Å². The van der Waals surface area contributed by atoms with Gasteiger partial charge in [0.05, 0.1) is 11.6 Å². The highest BCUT2D eigenvalue weighted by Crippen LogP contribution is 2.42. The molecule has 1 unspecified atom stereocenters. The zero-order chi connectivity index (χ0) is 21.4. The van der Waals surface area contributed by atoms with Gasteiger partial charge in [-0.1, -0.05) is 39.7 Å². The molecule has 1 aliphatic rings. The molecule has 7 heteroatoms. The maximum Gasteiger partial charge on any atom is 0.300 e. The van der Waals surface area contributed by atoms with Crippen LogP contribution in [-0.2, 0) is 9.59 Å². The minimum Gasteiger partial charge on any atom is -0.507 e. The number of aliphatic hydroxyl groups is 1. The van der Waals surface area contributed by atoms with Crippen molar-refractivity contribution in [1.82, 2.24) is 4.98 Å². The van der Waals surface area contributed by atoms with Gasteiger partial charge in [0.2, 0.25) is 0 Å². The van der Waals surface area contributed by atoms with Gasteiger partial charge >= 0.3 is 0 Å². The maximum absolute atomic E-state index is 13.1. The average Bonchev–Trinajstić information content (AvgIpc) is 3.01. The summed E-state index contributed by atoms with van der Waals surface area (Å²) in [5, 5.41) is 11.5. The number of nitrogens with zero attached hydrogens (tertiary/aromatic N) is 2. The predicted octanol–water partition coefficient (Wildman–Crippen LogP) is 5.43. The Morgan fingerprint density at radius 2 is 1.87 bits per heavy atom. The van der Waals surface area contributed by atoms with Gasteiger partial charge in [-0.25, -0.2) is 0 Å². The van der Waals surface area contributed by atoms with Crippen LogP contribution in [0.5, 0.6) is 0 Å². The summed E-state index contributed by atoms with van der Waals surface area (Å²) >= 11 is 9.43. The number of amides is 1. The quantitative estimate of drug-likeness (QED) is 0.306. The Labute approximate surface area is 186 Å². The van der Waals surface area contributed by atoms with Crippen LogP contribution in [0.3, 0.4) is 0 Å². The van der Waals surface area contributed by atoms with E-state index in [0.29, 0.717) is 21.8 Å². The lowest BCUT2D eigenvalue weighted by atomic mass is 9.96. The van der Waals surface area contributed by atoms with E-state index in [1.165, 1.54) is 4.90 Å². The number of benzene rings is 2. The molecule has 1 amide bonds. The molecular weight excluding hydrogens is 468 g/mol. The van der Waals surface area contributed by atoms with Gasteiger partial charge in [-0.2, -0.15) is 0 Å². The molecule has 0 spiro atoms. The summed E-state index contributed by atoms with van der Waals surface area (Å²) in [7, 11) is 0. The monoisotopic (exact) mass is 482 g/mol. The van der Waals surface area contributed by atoms with Gasteiger partial charge in [-0.3, -0.25) is 19.5 Å². The highest BCUT2D eigenvalue weighted by Gasteiger charge is 2.47. The van der Waals surface area contributed by atoms with Crippen LogP contribution in [0.4, 0.5) is 5.69 Å². The minimum absolute atomic E-state index is 0.00650. The van der Waals surface area contributed by atoms with E-state index in [-0.39, 0.29) is 11.3 Å². The zero-order valence-electron chi connectivity index (χ0n) is 15.8. The zero-order valence-corrected chi connectivity index (χ0v) is 18.2. The first-order chi connectivity index (χ1) is 14.4. The Bertz CT molecular complexity index is 1180. The van der Waals surface area contributed by atoms with Crippen LogP contribution in [0.15, 0.2) is 77.0 Å². The second kappa shape index (κ2) is 8.05. The molecule has 3 aromatic rings. The highest BCUT2D eigenvalue weighted by molar-refractivity contribution is 9.10. The molecule has 1 aromatic heterocycles. The lowest BCUT2D eigenvalue weighted by Crippen LogP contribution is -2.29. The first-order valence-corrected chi connectivity index (χ1v) is 10.3. The minimum atomic E-state index is -0.816. The number of rotatable bonds is 3. The number of carbonyl (C=O) groups excluding carboxylic acids is 2. The van der Waals surface area contributed by atoms with Crippen molar-refractivity contribution in [3.63, 3.8) is 0 Å². The normalized spacial score (nSPS) is 18.1. The van der Waals surface area contributed by atoms with Crippen LogP contribution in [0.1, 0.15) is 22.7 Å². The smallest absolute Gasteiger partial charge is 0.300 e. The lowest BCUT2D eigenvalue weighted by molar-refractivity contribution is -0.132. The topological polar surface area (TPSA) is 70.5 Å². The molecule has 1 fully saturated rings. The van der Waals surface area contributed by atoms with Crippen LogP contribution in [0.2, 0.25) is 5.02 Å². The Balaban J connectivity index is 1.94. The first-order valence-electron chi connectivity index (χ1n) is 9.11. The van der Waals surface area contributed by atoms with E-state index >= 15 is 0 Å². The second-order valence-corrected chi connectivity index (χ2v) is 8.19. The van der Waals surface area contributed by atoms with E-state index in [2.05, 4.69) is 20.9 Å². The van der Waals surface area contributed by atoms with Crippen molar-refractivity contribution in [3.8, 4) is 0 Å². The molecule has 5 nitrogen and oxygen atoms in total. The third kappa shape index (κ3) is 3.53. The van der Waals surface area contributed by atoms with Gasteiger partial charge in [-0.05, 0) is 60.5 Å². The lowest BCUT2D eigenvalue weighted by Gasteiger charge is -2.25. The number of hydrogen-bond acceptors (Lipinski definition) is 4. The van der Waals surface area contributed by atoms with E-state index in [4.69, 9.17) is 11.6 Å². The third-order valence-electron chi connectivity index (χ3n) is 5.00. The van der Waals surface area contributed by atoms with Crippen molar-refractivity contribution in [2.75, 3.05) is 4.90 Å². The van der Waals surface area contributed by atoms with E-state index in [1.54, 1.807) is 60.9 Å². The average molecular weight is 484 g/mol. The molecule has 1 N–H and O–H groups in total. The van der Waals surface area contributed by atoms with Crippen LogP contribution in [0.25, 0.3) is 5.76 Å². The summed E-state index contributed by atoms with van der Waals surface area (Å²) in [6, 6.07) is 14.5. The van der Waals surface area contributed by atoms with Gasteiger partial charge in [0.25, 0.3) is 11.7 Å². The summed E-state index contributed by atoms with van der Waals surface area (Å²) in [5.41, 5.74) is 2.56. The Morgan fingerprint density at radius 3 is 2.50 bits per heavy atom. The van der Waals surface area contributed by atoms with Crippen molar-refractivity contribution >= 4 is 50.7 Å². The number of aliphatic hydroxyl groups excluding tert-OH is 1. The molecule has 4 rings (SSSR count). The van der Waals surface area contributed by atoms with E-state index < -0.39 is 17.7 Å². The number of pyridine rings is 1. The van der Waals surface area contributed by atoms with Crippen molar-refractivity contribution in [1.29, 1.82) is 0 Å². The predicted molar refractivity (Wildman–Crippen MR) is 119 cm³/mol. The molecule has 0 aliphatic carbocycles. The van der Waals surface area contributed by atoms with Gasteiger partial charge in [-0.15, -0.1) is 0 Å². The van der Waals surface area contributed by atoms with E-state index in [1.807, 2.05) is 13.0 Å². The largest absolute Gasteiger partial charge is 0.507 e. The summed E-state index contributed by atoms with van der Waals surface area (Å²) in [5.74, 6) is -1.73. The number of hydrogen-bond donors (Lipinski definition) is 1. The van der Waals surface area contributed by atoms with Gasteiger partial charge in [0.15, 0.2) is 0 Å². The van der Waals surface area contributed by atoms with E-state index in [9.17, 15) is 14.7 Å². The molecule has 0 saturated carbocycles. The molecule has 0 bridgehead atoms. The fraction of sp³-hybridized carbons (Fsp3) is 0.0870. The van der Waals surface area contributed by atoms with Crippen molar-refractivity contribution in [3.05, 3.63) is 98.7 Å². The van der Waals surface area contributed by atoms with Crippen LogP contribution in [0, 0.1) is 6.92 Å². The van der Waals surface area contributed by atoms with E-state index in [0.717, 1.165) is 10.0 Å². The summed E-state index contributed by atoms with van der Waals surface area (Å²) in [6.07, 6.45) is 3.19. The summed E-state index contributed by atoms with van der Waals surface area (Å²) < 4.78 is 0.810. The fourth-order valence-electron chi connectivity index (χ4n) is 3.45. The number of anilines is 1. The highest BCUT2D eigenvalue weighted by atomic mass is 79.9.